The van der Waals surface area contributed by atoms with Crippen LogP contribution < -0.4 is 9.47 Å². The molecule has 6 nitrogen and oxygen atoms in total. The van der Waals surface area contributed by atoms with Crippen LogP contribution >= 0.6 is 0 Å². The first-order chi connectivity index (χ1) is 14.4. The van der Waals surface area contributed by atoms with Gasteiger partial charge in [-0.25, -0.2) is 4.79 Å². The fourth-order valence-corrected chi connectivity index (χ4v) is 3.29. The third-order valence-electron chi connectivity index (χ3n) is 4.79. The number of carboxylic acid groups (broad SMARTS) is 1. The van der Waals surface area contributed by atoms with Crippen molar-refractivity contribution in [3.05, 3.63) is 65.2 Å². The molecular formula is C24H24O6. The van der Waals surface area contributed by atoms with Gasteiger partial charge in [0.1, 0.15) is 30.5 Å². The highest BCUT2D eigenvalue weighted by atomic mass is 16.5. The van der Waals surface area contributed by atoms with E-state index in [1.807, 2.05) is 19.1 Å². The molecule has 6 heteroatoms. The first-order valence-electron chi connectivity index (χ1n) is 9.79. The summed E-state index contributed by atoms with van der Waals surface area (Å²) in [6.45, 7) is 3.93. The van der Waals surface area contributed by atoms with Crippen LogP contribution in [0.4, 0.5) is 0 Å². The van der Waals surface area contributed by atoms with Gasteiger partial charge in [-0.05, 0) is 60.5 Å². The number of Topliss-reactive ketones (excluding diaryl/α,β-unsaturated/α-hetero) is 1. The smallest absolute Gasteiger partial charge is 0.335 e. The number of phenols is 1. The second-order valence-electron chi connectivity index (χ2n) is 6.97. The van der Waals surface area contributed by atoms with Gasteiger partial charge < -0.3 is 19.7 Å². The van der Waals surface area contributed by atoms with Crippen molar-refractivity contribution in [2.24, 2.45) is 0 Å². The van der Waals surface area contributed by atoms with Crippen LogP contribution in [0.5, 0.6) is 17.2 Å². The Balaban J connectivity index is 1.66. The third kappa shape index (κ3) is 4.71. The van der Waals surface area contributed by atoms with Crippen molar-refractivity contribution in [2.75, 3.05) is 13.2 Å². The minimum absolute atomic E-state index is 0.0217. The maximum atomic E-state index is 11.6. The van der Waals surface area contributed by atoms with Gasteiger partial charge in [0.15, 0.2) is 5.78 Å². The fourth-order valence-electron chi connectivity index (χ4n) is 3.29. The van der Waals surface area contributed by atoms with Crippen molar-refractivity contribution < 1.29 is 29.3 Å². The molecule has 0 heterocycles. The zero-order valence-corrected chi connectivity index (χ0v) is 17.0. The van der Waals surface area contributed by atoms with Crippen molar-refractivity contribution in [1.29, 1.82) is 0 Å². The van der Waals surface area contributed by atoms with E-state index in [0.29, 0.717) is 29.0 Å². The summed E-state index contributed by atoms with van der Waals surface area (Å²) in [5, 5.41) is 21.2. The summed E-state index contributed by atoms with van der Waals surface area (Å²) < 4.78 is 11.5. The quantitative estimate of drug-likeness (QED) is 0.388. The van der Waals surface area contributed by atoms with Gasteiger partial charge in [-0.1, -0.05) is 25.5 Å². The van der Waals surface area contributed by atoms with Gasteiger partial charge in [0.25, 0.3) is 0 Å². The molecule has 0 aliphatic carbocycles. The van der Waals surface area contributed by atoms with Crippen LogP contribution in [0.15, 0.2) is 48.5 Å². The Hall–Kier alpha value is -3.54. The Bertz CT molecular complexity index is 1090. The Morgan fingerprint density at radius 1 is 0.933 bits per heavy atom. The van der Waals surface area contributed by atoms with Crippen molar-refractivity contribution in [3.63, 3.8) is 0 Å². The second-order valence-corrected chi connectivity index (χ2v) is 6.97. The first kappa shape index (κ1) is 21.2. The molecule has 3 rings (SSSR count). The molecule has 0 aliphatic heterocycles. The van der Waals surface area contributed by atoms with Crippen LogP contribution in [0.1, 0.15) is 46.5 Å². The Labute approximate surface area is 174 Å². The molecule has 0 unspecified atom stereocenters. The molecule has 156 valence electrons. The minimum Gasteiger partial charge on any atom is -0.507 e. The van der Waals surface area contributed by atoms with E-state index in [-0.39, 0.29) is 30.3 Å². The van der Waals surface area contributed by atoms with Crippen molar-refractivity contribution in [1.82, 2.24) is 0 Å². The molecule has 30 heavy (non-hydrogen) atoms. The van der Waals surface area contributed by atoms with Crippen LogP contribution in [0.2, 0.25) is 0 Å². The predicted octanol–water partition coefficient (Wildman–Crippen LogP) is 4.86. The van der Waals surface area contributed by atoms with Gasteiger partial charge in [-0.15, -0.1) is 0 Å². The highest BCUT2D eigenvalue weighted by molar-refractivity contribution is 5.97. The van der Waals surface area contributed by atoms with Gasteiger partial charge in [0.2, 0.25) is 0 Å². The lowest BCUT2D eigenvalue weighted by Crippen LogP contribution is -2.10. The predicted molar refractivity (Wildman–Crippen MR) is 114 cm³/mol. The monoisotopic (exact) mass is 408 g/mol. The zero-order chi connectivity index (χ0) is 21.7. The Kier molecular flexibility index (Phi) is 6.57. The third-order valence-corrected chi connectivity index (χ3v) is 4.79. The van der Waals surface area contributed by atoms with E-state index in [4.69, 9.17) is 14.6 Å². The number of rotatable bonds is 9. The van der Waals surface area contributed by atoms with Crippen molar-refractivity contribution in [2.45, 2.75) is 26.7 Å². The number of aromatic carboxylic acids is 1. The number of fused-ring (bicyclic) bond motifs is 1. The van der Waals surface area contributed by atoms with Gasteiger partial charge in [0, 0.05) is 5.56 Å². The second kappa shape index (κ2) is 9.31. The number of benzene rings is 3. The summed E-state index contributed by atoms with van der Waals surface area (Å²) in [5.41, 5.74) is 1.14. The molecule has 0 aromatic heterocycles. The van der Waals surface area contributed by atoms with Gasteiger partial charge in [-0.3, -0.25) is 4.79 Å². The standard InChI is InChI=1S/C24H24O6/c1-3-4-21-22(10-9-20(15(2)25)23(21)26)30-12-11-29-19-8-7-16-5-6-17(24(27)28)13-18(16)14-19/h5-10,13-14,26H,3-4,11-12H2,1-2H3,(H,27,28). The summed E-state index contributed by atoms with van der Waals surface area (Å²) >= 11 is 0. The number of phenolic OH excluding ortho intramolecular Hbond substituents is 1. The van der Waals surface area contributed by atoms with Crippen molar-refractivity contribution >= 4 is 22.5 Å². The van der Waals surface area contributed by atoms with E-state index in [1.165, 1.54) is 6.92 Å². The molecule has 0 saturated heterocycles. The molecule has 0 bridgehead atoms. The summed E-state index contributed by atoms with van der Waals surface area (Å²) in [6, 6.07) is 13.7. The number of hydrogen-bond acceptors (Lipinski definition) is 5. The van der Waals surface area contributed by atoms with Crippen LogP contribution in [0.3, 0.4) is 0 Å². The van der Waals surface area contributed by atoms with Crippen LogP contribution in [-0.4, -0.2) is 35.2 Å². The van der Waals surface area contributed by atoms with E-state index in [0.717, 1.165) is 17.2 Å². The summed E-state index contributed by atoms with van der Waals surface area (Å²) in [5.74, 6) is -0.0445. The molecule has 0 amide bonds. The minimum atomic E-state index is -0.974. The summed E-state index contributed by atoms with van der Waals surface area (Å²) in [7, 11) is 0. The molecule has 0 saturated carbocycles. The summed E-state index contributed by atoms with van der Waals surface area (Å²) in [6.07, 6.45) is 1.40. The number of ketones is 1. The van der Waals surface area contributed by atoms with E-state index < -0.39 is 5.97 Å². The maximum Gasteiger partial charge on any atom is 0.335 e. The van der Waals surface area contributed by atoms with E-state index in [1.54, 1.807) is 36.4 Å². The Morgan fingerprint density at radius 3 is 2.37 bits per heavy atom. The average molecular weight is 408 g/mol. The fraction of sp³-hybridized carbons (Fsp3) is 0.250. The SMILES string of the molecule is CCCc1c(OCCOc2ccc3ccc(C(=O)O)cc3c2)ccc(C(C)=O)c1O. The maximum absolute atomic E-state index is 11.6. The number of carbonyl (C=O) groups is 2. The van der Waals surface area contributed by atoms with Gasteiger partial charge in [0.05, 0.1) is 11.1 Å². The number of carbonyl (C=O) groups excluding carboxylic acids is 1. The summed E-state index contributed by atoms with van der Waals surface area (Å²) in [4.78, 5) is 22.8. The van der Waals surface area contributed by atoms with E-state index in [9.17, 15) is 14.7 Å². The molecule has 0 spiro atoms. The Morgan fingerprint density at radius 2 is 1.67 bits per heavy atom. The zero-order valence-electron chi connectivity index (χ0n) is 17.0. The lowest BCUT2D eigenvalue weighted by Gasteiger charge is -2.15. The highest BCUT2D eigenvalue weighted by Gasteiger charge is 2.15. The van der Waals surface area contributed by atoms with Crippen LogP contribution in [-0.2, 0) is 6.42 Å². The molecule has 0 aliphatic rings. The van der Waals surface area contributed by atoms with Gasteiger partial charge in [-0.2, -0.15) is 0 Å². The number of hydrogen-bond donors (Lipinski definition) is 2. The van der Waals surface area contributed by atoms with Crippen LogP contribution in [0.25, 0.3) is 10.8 Å². The average Bonchev–Trinajstić information content (AvgIpc) is 2.72. The van der Waals surface area contributed by atoms with Crippen molar-refractivity contribution in [3.8, 4) is 17.2 Å². The molecule has 0 fully saturated rings. The molecule has 3 aromatic carbocycles. The van der Waals surface area contributed by atoms with Crippen LogP contribution in [0, 0.1) is 0 Å². The normalized spacial score (nSPS) is 10.7. The first-order valence-corrected chi connectivity index (χ1v) is 9.79. The number of aromatic hydroxyl groups is 1. The van der Waals surface area contributed by atoms with E-state index >= 15 is 0 Å². The lowest BCUT2D eigenvalue weighted by atomic mass is 10.0. The molecule has 0 radical (unpaired) electrons. The van der Waals surface area contributed by atoms with E-state index in [2.05, 4.69) is 0 Å². The number of carboxylic acids is 1. The molecule has 3 aromatic rings. The topological polar surface area (TPSA) is 93.1 Å². The van der Waals surface area contributed by atoms with Gasteiger partial charge >= 0.3 is 5.97 Å². The number of ether oxygens (including phenoxy) is 2. The molecule has 0 atom stereocenters. The molecule has 2 N–H and O–H groups in total. The largest absolute Gasteiger partial charge is 0.507 e. The molecular weight excluding hydrogens is 384 g/mol. The lowest BCUT2D eigenvalue weighted by molar-refractivity contribution is 0.0696. The highest BCUT2D eigenvalue weighted by Crippen LogP contribution is 2.33.